The van der Waals surface area contributed by atoms with Gasteiger partial charge in [-0.05, 0) is 12.5 Å². The molecule has 1 aliphatic heterocycles. The minimum atomic E-state index is -0.297. The Labute approximate surface area is 180 Å². The lowest BCUT2D eigenvalue weighted by Crippen LogP contribution is -2.18. The van der Waals surface area contributed by atoms with E-state index in [0.29, 0.717) is 11.3 Å². The third-order valence-corrected chi connectivity index (χ3v) is 5.98. The molecule has 0 saturated carbocycles. The lowest BCUT2D eigenvalue weighted by molar-refractivity contribution is -0.134. The molecular weight excluding hydrogens is 360 g/mol. The van der Waals surface area contributed by atoms with Gasteiger partial charge < -0.3 is 9.47 Å². The fraction of sp³-hybridized carbons (Fsp3) is 0.808. The quantitative estimate of drug-likeness (QED) is 0.151. The van der Waals surface area contributed by atoms with Crippen LogP contribution in [0.1, 0.15) is 122 Å². The maximum atomic E-state index is 11.7. The van der Waals surface area contributed by atoms with Crippen molar-refractivity contribution in [1.29, 1.82) is 0 Å². The van der Waals surface area contributed by atoms with E-state index < -0.39 is 0 Å². The first-order chi connectivity index (χ1) is 14.2. The molecule has 0 N–H and O–H groups in total. The average molecular weight is 407 g/mol. The highest BCUT2D eigenvalue weighted by Crippen LogP contribution is 2.24. The van der Waals surface area contributed by atoms with Crippen molar-refractivity contribution in [2.45, 2.75) is 129 Å². The molecule has 0 aromatic rings. The predicted molar refractivity (Wildman–Crippen MR) is 123 cm³/mol. The number of esters is 1. The van der Waals surface area contributed by atoms with Gasteiger partial charge in [-0.2, -0.15) is 0 Å². The lowest BCUT2D eigenvalue weighted by atomic mass is 10.0. The van der Waals surface area contributed by atoms with Gasteiger partial charge in [-0.25, -0.2) is 4.79 Å². The normalized spacial score (nSPS) is 14.9. The molecule has 1 atom stereocenters. The van der Waals surface area contributed by atoms with Crippen LogP contribution in [0.4, 0.5) is 0 Å². The van der Waals surface area contributed by atoms with Crippen molar-refractivity contribution >= 4 is 5.97 Å². The van der Waals surface area contributed by atoms with Crippen molar-refractivity contribution in [2.75, 3.05) is 7.11 Å². The van der Waals surface area contributed by atoms with Crippen LogP contribution in [0.25, 0.3) is 0 Å². The zero-order valence-electron chi connectivity index (χ0n) is 19.3. The summed E-state index contributed by atoms with van der Waals surface area (Å²) < 4.78 is 10.5. The van der Waals surface area contributed by atoms with Gasteiger partial charge in [0.05, 0.1) is 11.7 Å². The molecule has 3 nitrogen and oxygen atoms in total. The van der Waals surface area contributed by atoms with Crippen LogP contribution >= 0.6 is 0 Å². The standard InChI is InChI=1S/C26H46O3/c1-4-5-6-7-8-9-10-11-12-13-14-15-16-17-18-19-20-21-25(28-3)24-22-23(2)29-26(24)27/h22,25H,2,4-21H2,1,3H3/t25-/m1/s1. The van der Waals surface area contributed by atoms with E-state index in [1.165, 1.54) is 103 Å². The third kappa shape index (κ3) is 12.9. The fourth-order valence-electron chi connectivity index (χ4n) is 4.12. The summed E-state index contributed by atoms with van der Waals surface area (Å²) in [6.07, 6.45) is 25.8. The van der Waals surface area contributed by atoms with E-state index in [-0.39, 0.29) is 12.1 Å². The van der Waals surface area contributed by atoms with Crippen molar-refractivity contribution in [2.24, 2.45) is 0 Å². The number of hydrogen-bond donors (Lipinski definition) is 0. The van der Waals surface area contributed by atoms with Crippen LogP contribution in [0.3, 0.4) is 0 Å². The maximum Gasteiger partial charge on any atom is 0.342 e. The van der Waals surface area contributed by atoms with Crippen LogP contribution in [-0.4, -0.2) is 19.2 Å². The second-order valence-electron chi connectivity index (χ2n) is 8.63. The molecular formula is C26H46O3. The summed E-state index contributed by atoms with van der Waals surface area (Å²) in [6.45, 7) is 5.96. The first-order valence-electron chi connectivity index (χ1n) is 12.3. The summed E-state index contributed by atoms with van der Waals surface area (Å²) in [4.78, 5) is 11.7. The molecule has 0 saturated heterocycles. The third-order valence-electron chi connectivity index (χ3n) is 5.98. The van der Waals surface area contributed by atoms with E-state index in [9.17, 15) is 4.79 Å². The Kier molecular flexibility index (Phi) is 15.9. The summed E-state index contributed by atoms with van der Waals surface area (Å²) in [7, 11) is 1.66. The predicted octanol–water partition coefficient (Wildman–Crippen LogP) is 8.04. The first-order valence-corrected chi connectivity index (χ1v) is 12.3. The number of cyclic esters (lactones) is 1. The molecule has 0 aromatic heterocycles. The van der Waals surface area contributed by atoms with E-state index in [0.717, 1.165) is 12.8 Å². The summed E-state index contributed by atoms with van der Waals surface area (Å²) in [6, 6.07) is 0. The second-order valence-corrected chi connectivity index (χ2v) is 8.63. The van der Waals surface area contributed by atoms with E-state index >= 15 is 0 Å². The number of carbonyl (C=O) groups excluding carboxylic acids is 1. The number of rotatable bonds is 20. The van der Waals surface area contributed by atoms with Gasteiger partial charge >= 0.3 is 5.97 Å². The Morgan fingerprint density at radius 2 is 1.21 bits per heavy atom. The number of unbranched alkanes of at least 4 members (excludes halogenated alkanes) is 16. The van der Waals surface area contributed by atoms with Gasteiger partial charge in [0.1, 0.15) is 5.76 Å². The fourth-order valence-corrected chi connectivity index (χ4v) is 4.12. The van der Waals surface area contributed by atoms with Gasteiger partial charge in [0.25, 0.3) is 0 Å². The molecule has 0 unspecified atom stereocenters. The Hall–Kier alpha value is -1.09. The number of ether oxygens (including phenoxy) is 2. The summed E-state index contributed by atoms with van der Waals surface area (Å²) in [5.74, 6) is 0.128. The second kappa shape index (κ2) is 17.7. The van der Waals surface area contributed by atoms with Crippen molar-refractivity contribution in [1.82, 2.24) is 0 Å². The van der Waals surface area contributed by atoms with E-state index in [4.69, 9.17) is 9.47 Å². The number of hydrogen-bond acceptors (Lipinski definition) is 3. The minimum Gasteiger partial charge on any atom is -0.424 e. The van der Waals surface area contributed by atoms with E-state index in [2.05, 4.69) is 13.5 Å². The van der Waals surface area contributed by atoms with Gasteiger partial charge in [0.2, 0.25) is 0 Å². The summed E-state index contributed by atoms with van der Waals surface area (Å²) in [5.41, 5.74) is 0.619. The van der Waals surface area contributed by atoms with Gasteiger partial charge in [-0.3, -0.25) is 0 Å². The zero-order chi connectivity index (χ0) is 21.2. The monoisotopic (exact) mass is 406 g/mol. The van der Waals surface area contributed by atoms with Gasteiger partial charge in [-0.1, -0.05) is 123 Å². The molecule has 0 bridgehead atoms. The minimum absolute atomic E-state index is 0.155. The molecule has 1 aliphatic rings. The highest BCUT2D eigenvalue weighted by molar-refractivity contribution is 5.93. The Balaban J connectivity index is 1.84. The average Bonchev–Trinajstić information content (AvgIpc) is 3.05. The van der Waals surface area contributed by atoms with Crippen LogP contribution in [-0.2, 0) is 14.3 Å². The van der Waals surface area contributed by atoms with Crippen molar-refractivity contribution in [3.63, 3.8) is 0 Å². The first kappa shape index (κ1) is 25.9. The lowest BCUT2D eigenvalue weighted by Gasteiger charge is -2.14. The Morgan fingerprint density at radius 1 is 0.793 bits per heavy atom. The molecule has 3 heteroatoms. The molecule has 0 aliphatic carbocycles. The number of carbonyl (C=O) groups is 1. The molecule has 1 heterocycles. The van der Waals surface area contributed by atoms with E-state index in [1.54, 1.807) is 13.2 Å². The molecule has 168 valence electrons. The van der Waals surface area contributed by atoms with Gasteiger partial charge in [-0.15, -0.1) is 0 Å². The summed E-state index contributed by atoms with van der Waals surface area (Å²) >= 11 is 0. The largest absolute Gasteiger partial charge is 0.424 e. The SMILES string of the molecule is C=C1C=C([C@@H](CCCCCCCCCCCCCCCCCCC)OC)C(=O)O1. The van der Waals surface area contributed by atoms with Crippen LogP contribution in [0.2, 0.25) is 0 Å². The van der Waals surface area contributed by atoms with Crippen LogP contribution in [0, 0.1) is 0 Å². The van der Waals surface area contributed by atoms with Crippen LogP contribution in [0.15, 0.2) is 24.0 Å². The Bertz CT molecular complexity index is 467. The molecule has 1 rings (SSSR count). The number of allylic oxidation sites excluding steroid dienone is 1. The van der Waals surface area contributed by atoms with Crippen molar-refractivity contribution in [3.8, 4) is 0 Å². The highest BCUT2D eigenvalue weighted by atomic mass is 16.5. The van der Waals surface area contributed by atoms with Gasteiger partial charge in [0.15, 0.2) is 0 Å². The molecule has 0 fully saturated rings. The zero-order valence-corrected chi connectivity index (χ0v) is 19.3. The number of methoxy groups -OCH3 is 1. The van der Waals surface area contributed by atoms with Gasteiger partial charge in [0, 0.05) is 7.11 Å². The molecule has 0 amide bonds. The molecule has 0 spiro atoms. The highest BCUT2D eigenvalue weighted by Gasteiger charge is 2.27. The van der Waals surface area contributed by atoms with Crippen LogP contribution < -0.4 is 0 Å². The van der Waals surface area contributed by atoms with Crippen molar-refractivity contribution < 1.29 is 14.3 Å². The maximum absolute atomic E-state index is 11.7. The topological polar surface area (TPSA) is 35.5 Å². The molecule has 0 radical (unpaired) electrons. The molecule has 29 heavy (non-hydrogen) atoms. The smallest absolute Gasteiger partial charge is 0.342 e. The Morgan fingerprint density at radius 3 is 1.55 bits per heavy atom. The summed E-state index contributed by atoms with van der Waals surface area (Å²) in [5, 5.41) is 0. The van der Waals surface area contributed by atoms with Crippen LogP contribution in [0.5, 0.6) is 0 Å². The van der Waals surface area contributed by atoms with Crippen molar-refractivity contribution in [3.05, 3.63) is 24.0 Å². The molecule has 0 aromatic carbocycles. The van der Waals surface area contributed by atoms with E-state index in [1.807, 2.05) is 0 Å².